The number of rotatable bonds is 9. The molecule has 0 fully saturated rings. The molecule has 0 saturated heterocycles. The fourth-order valence-corrected chi connectivity index (χ4v) is 4.00. The highest BCUT2D eigenvalue weighted by Crippen LogP contribution is 2.32. The zero-order chi connectivity index (χ0) is 22.9. The van der Waals surface area contributed by atoms with Crippen molar-refractivity contribution in [2.75, 3.05) is 13.7 Å². The maximum Gasteiger partial charge on any atom is 0.321 e. The number of benzene rings is 2. The van der Waals surface area contributed by atoms with Gasteiger partial charge in [-0.15, -0.1) is 10.2 Å². The number of para-hydroxylation sites is 1. The molecule has 0 aliphatic carbocycles. The molecule has 1 aromatic heterocycles. The molecule has 0 bridgehead atoms. The summed E-state index contributed by atoms with van der Waals surface area (Å²) in [5.74, 6) is 0.967. The zero-order valence-electron chi connectivity index (χ0n) is 18.4. The molecule has 32 heavy (non-hydrogen) atoms. The predicted molar refractivity (Wildman–Crippen MR) is 125 cm³/mol. The lowest BCUT2D eigenvalue weighted by molar-refractivity contribution is -0.119. The summed E-state index contributed by atoms with van der Waals surface area (Å²) in [5, 5.41) is 13.7. The first-order valence-corrected chi connectivity index (χ1v) is 11.3. The van der Waals surface area contributed by atoms with E-state index in [1.807, 2.05) is 47.0 Å². The first-order valence-electron chi connectivity index (χ1n) is 10.4. The molecule has 2 aromatic carbocycles. The van der Waals surface area contributed by atoms with E-state index in [1.54, 1.807) is 21.0 Å². The van der Waals surface area contributed by atoms with Gasteiger partial charge in [-0.05, 0) is 38.0 Å². The quantitative estimate of drug-likeness (QED) is 0.481. The Morgan fingerprint density at radius 2 is 1.81 bits per heavy atom. The molecule has 8 nitrogen and oxygen atoms in total. The third-order valence-electron chi connectivity index (χ3n) is 4.76. The minimum Gasteiger partial charge on any atom is -0.496 e. The van der Waals surface area contributed by atoms with Crippen LogP contribution >= 0.6 is 11.8 Å². The average molecular weight is 454 g/mol. The summed E-state index contributed by atoms with van der Waals surface area (Å²) in [6, 6.07) is 17.3. The van der Waals surface area contributed by atoms with Gasteiger partial charge in [0.1, 0.15) is 5.75 Å². The topological polar surface area (TPSA) is 98.1 Å². The number of thioether (sulfide) groups is 1. The molecule has 168 valence electrons. The van der Waals surface area contributed by atoms with Crippen LogP contribution in [0, 0.1) is 0 Å². The van der Waals surface area contributed by atoms with Gasteiger partial charge in [0.2, 0.25) is 5.91 Å². The Morgan fingerprint density at radius 3 is 2.53 bits per heavy atom. The number of hydrogen-bond donors (Lipinski definition) is 2. The summed E-state index contributed by atoms with van der Waals surface area (Å²) in [7, 11) is 1.62. The van der Waals surface area contributed by atoms with E-state index in [4.69, 9.17) is 4.74 Å². The molecular weight excluding hydrogens is 426 g/mol. The van der Waals surface area contributed by atoms with Crippen LogP contribution in [0.2, 0.25) is 0 Å². The van der Waals surface area contributed by atoms with Gasteiger partial charge in [0.15, 0.2) is 11.0 Å². The number of urea groups is 1. The zero-order valence-corrected chi connectivity index (χ0v) is 19.2. The highest BCUT2D eigenvalue weighted by Gasteiger charge is 2.23. The van der Waals surface area contributed by atoms with Gasteiger partial charge in [-0.25, -0.2) is 4.79 Å². The van der Waals surface area contributed by atoms with Crippen molar-refractivity contribution in [2.24, 2.45) is 0 Å². The van der Waals surface area contributed by atoms with Crippen molar-refractivity contribution < 1.29 is 14.3 Å². The number of amides is 3. The maximum atomic E-state index is 12.4. The molecular formula is C23H27N5O3S. The summed E-state index contributed by atoms with van der Waals surface area (Å²) in [5.41, 5.74) is 2.01. The molecule has 3 rings (SSSR count). The Morgan fingerprint density at radius 1 is 1.09 bits per heavy atom. The van der Waals surface area contributed by atoms with Crippen molar-refractivity contribution >= 4 is 23.7 Å². The Bertz CT molecular complexity index is 1050. The average Bonchev–Trinajstić information content (AvgIpc) is 3.20. The lowest BCUT2D eigenvalue weighted by Crippen LogP contribution is -2.42. The fraction of sp³-hybridized carbons (Fsp3) is 0.304. The van der Waals surface area contributed by atoms with E-state index in [1.165, 1.54) is 17.3 Å². The lowest BCUT2D eigenvalue weighted by atomic mass is 10.1. The first kappa shape index (κ1) is 23.3. The SMILES string of the molecule is CCNC(=O)NC(=O)C(C)Sc1nnc(-c2ccccc2OC)n1CCc1ccccc1. The predicted octanol–water partition coefficient (Wildman–Crippen LogP) is 3.52. The maximum absolute atomic E-state index is 12.4. The van der Waals surface area contributed by atoms with Gasteiger partial charge in [0.05, 0.1) is 17.9 Å². The second-order valence-corrected chi connectivity index (χ2v) is 8.31. The molecule has 1 unspecified atom stereocenters. The molecule has 0 saturated carbocycles. The molecule has 1 atom stereocenters. The van der Waals surface area contributed by atoms with Crippen LogP contribution in [-0.2, 0) is 17.8 Å². The molecule has 3 aromatic rings. The number of nitrogens with one attached hydrogen (secondary N) is 2. The van der Waals surface area contributed by atoms with Crippen molar-refractivity contribution in [3.05, 3.63) is 60.2 Å². The van der Waals surface area contributed by atoms with Crippen molar-refractivity contribution in [3.63, 3.8) is 0 Å². The van der Waals surface area contributed by atoms with E-state index in [0.29, 0.717) is 29.8 Å². The Hall–Kier alpha value is -3.33. The summed E-state index contributed by atoms with van der Waals surface area (Å²) in [6.45, 7) is 4.59. The van der Waals surface area contributed by atoms with Gasteiger partial charge in [0.25, 0.3) is 0 Å². The molecule has 3 amide bonds. The molecule has 1 heterocycles. The van der Waals surface area contributed by atoms with Crippen LogP contribution in [-0.4, -0.2) is 45.6 Å². The number of hydrogen-bond acceptors (Lipinski definition) is 6. The van der Waals surface area contributed by atoms with Crippen molar-refractivity contribution in [1.29, 1.82) is 0 Å². The molecule has 2 N–H and O–H groups in total. The van der Waals surface area contributed by atoms with E-state index >= 15 is 0 Å². The van der Waals surface area contributed by atoms with E-state index in [9.17, 15) is 9.59 Å². The molecule has 0 radical (unpaired) electrons. The van der Waals surface area contributed by atoms with Gasteiger partial charge < -0.3 is 14.6 Å². The van der Waals surface area contributed by atoms with Crippen LogP contribution in [0.25, 0.3) is 11.4 Å². The second kappa shape index (κ2) is 11.3. The van der Waals surface area contributed by atoms with Gasteiger partial charge >= 0.3 is 6.03 Å². The lowest BCUT2D eigenvalue weighted by Gasteiger charge is -2.14. The number of ether oxygens (including phenoxy) is 1. The van der Waals surface area contributed by atoms with Crippen molar-refractivity contribution in [2.45, 2.75) is 37.2 Å². The standard InChI is InChI=1S/C23H27N5O3S/c1-4-24-22(30)25-21(29)16(2)32-23-27-26-20(18-12-8-9-13-19(18)31-3)28(23)15-14-17-10-6-5-7-11-17/h5-13,16H,4,14-15H2,1-3H3,(H2,24,25,29,30). The smallest absolute Gasteiger partial charge is 0.321 e. The number of carbonyl (C=O) groups is 2. The van der Waals surface area contributed by atoms with Crippen molar-refractivity contribution in [1.82, 2.24) is 25.4 Å². The minimum absolute atomic E-state index is 0.391. The van der Waals surface area contributed by atoms with E-state index in [0.717, 1.165) is 12.0 Å². The number of carbonyl (C=O) groups excluding carboxylic acids is 2. The van der Waals surface area contributed by atoms with Gasteiger partial charge in [-0.3, -0.25) is 10.1 Å². The van der Waals surface area contributed by atoms with Crippen LogP contribution in [0.5, 0.6) is 5.75 Å². The van der Waals surface area contributed by atoms with E-state index in [2.05, 4.69) is 33.0 Å². The van der Waals surface area contributed by atoms with Crippen LogP contribution in [0.4, 0.5) is 4.79 Å². The largest absolute Gasteiger partial charge is 0.496 e. The van der Waals surface area contributed by atoms with Crippen LogP contribution in [0.1, 0.15) is 19.4 Å². The Labute approximate surface area is 191 Å². The third kappa shape index (κ3) is 5.88. The Kier molecular flexibility index (Phi) is 8.27. The minimum atomic E-state index is -0.539. The number of methoxy groups -OCH3 is 1. The van der Waals surface area contributed by atoms with E-state index in [-0.39, 0.29) is 0 Å². The highest BCUT2D eigenvalue weighted by molar-refractivity contribution is 8.00. The number of imide groups is 1. The summed E-state index contributed by atoms with van der Waals surface area (Å²) >= 11 is 1.26. The van der Waals surface area contributed by atoms with Crippen LogP contribution < -0.4 is 15.4 Å². The number of aryl methyl sites for hydroxylation is 1. The Balaban J connectivity index is 1.87. The fourth-order valence-electron chi connectivity index (χ4n) is 3.12. The van der Waals surface area contributed by atoms with Gasteiger partial charge in [-0.2, -0.15) is 0 Å². The number of aromatic nitrogens is 3. The summed E-state index contributed by atoms with van der Waals surface area (Å²) in [4.78, 5) is 24.1. The highest BCUT2D eigenvalue weighted by atomic mass is 32.2. The summed E-state index contributed by atoms with van der Waals surface area (Å²) in [6.07, 6.45) is 0.772. The summed E-state index contributed by atoms with van der Waals surface area (Å²) < 4.78 is 7.51. The normalized spacial score (nSPS) is 11.6. The number of nitrogens with zero attached hydrogens (tertiary/aromatic N) is 3. The molecule has 0 aliphatic heterocycles. The van der Waals surface area contributed by atoms with Crippen LogP contribution in [0.3, 0.4) is 0 Å². The van der Waals surface area contributed by atoms with Gasteiger partial charge in [0, 0.05) is 13.1 Å². The molecule has 9 heteroatoms. The monoisotopic (exact) mass is 453 g/mol. The van der Waals surface area contributed by atoms with Crippen LogP contribution in [0.15, 0.2) is 59.8 Å². The van der Waals surface area contributed by atoms with E-state index < -0.39 is 17.2 Å². The third-order valence-corrected chi connectivity index (χ3v) is 5.84. The molecule has 0 aliphatic rings. The van der Waals surface area contributed by atoms with Gasteiger partial charge in [-0.1, -0.05) is 54.2 Å². The van der Waals surface area contributed by atoms with Crippen molar-refractivity contribution in [3.8, 4) is 17.1 Å². The first-order chi connectivity index (χ1) is 15.5. The molecule has 0 spiro atoms. The second-order valence-electron chi connectivity index (χ2n) is 7.00.